The fourth-order valence-corrected chi connectivity index (χ4v) is 1.39. The number of carbonyl (C=O) groups excluding carboxylic acids is 3. The molecule has 0 saturated heterocycles. The third-order valence-electron chi connectivity index (χ3n) is 2.44. The number of ketones is 1. The Morgan fingerprint density at radius 3 is 2.33 bits per heavy atom. The zero-order chi connectivity index (χ0) is 15.8. The largest absolute Gasteiger partial charge is 0.507 e. The lowest BCUT2D eigenvalue weighted by Gasteiger charge is -2.03. The van der Waals surface area contributed by atoms with Crippen LogP contribution >= 0.6 is 0 Å². The highest BCUT2D eigenvalue weighted by Gasteiger charge is 2.16. The zero-order valence-electron chi connectivity index (χ0n) is 11.8. The fourth-order valence-electron chi connectivity index (χ4n) is 1.39. The van der Waals surface area contributed by atoms with E-state index in [0.29, 0.717) is 5.56 Å². The minimum absolute atomic E-state index is 0.151. The van der Waals surface area contributed by atoms with Gasteiger partial charge >= 0.3 is 11.9 Å². The minimum atomic E-state index is -1.23. The Hall–Kier alpha value is -2.63. The predicted molar refractivity (Wildman–Crippen MR) is 74.4 cm³/mol. The average Bonchev–Trinajstić information content (AvgIpc) is 2.45. The number of aliphatic hydroxyl groups is 1. The topological polar surface area (TPSA) is 89.9 Å². The van der Waals surface area contributed by atoms with E-state index in [-0.39, 0.29) is 12.4 Å². The monoisotopic (exact) mass is 292 g/mol. The van der Waals surface area contributed by atoms with Crippen LogP contribution in [0, 0.1) is 6.92 Å². The molecule has 0 amide bonds. The molecule has 0 radical (unpaired) electrons. The second-order valence-electron chi connectivity index (χ2n) is 4.14. The van der Waals surface area contributed by atoms with E-state index in [4.69, 9.17) is 0 Å². The highest BCUT2D eigenvalue weighted by atomic mass is 16.6. The van der Waals surface area contributed by atoms with Crippen molar-refractivity contribution in [3.8, 4) is 0 Å². The molecule has 0 aliphatic heterocycles. The Bertz CT molecular complexity index is 556. The van der Waals surface area contributed by atoms with Crippen LogP contribution in [0.1, 0.15) is 18.1 Å². The number of benzene rings is 1. The molecule has 6 nitrogen and oxygen atoms in total. The van der Waals surface area contributed by atoms with Gasteiger partial charge in [-0.25, -0.2) is 9.59 Å². The molecule has 1 aromatic carbocycles. The van der Waals surface area contributed by atoms with Crippen molar-refractivity contribution in [3.63, 3.8) is 0 Å². The number of aliphatic hydroxyl groups excluding tert-OH is 1. The van der Waals surface area contributed by atoms with Gasteiger partial charge in [-0.15, -0.1) is 0 Å². The summed E-state index contributed by atoms with van der Waals surface area (Å²) in [7, 11) is 0. The van der Waals surface area contributed by atoms with Crippen LogP contribution in [-0.4, -0.2) is 36.0 Å². The highest BCUT2D eigenvalue weighted by molar-refractivity contribution is 6.39. The van der Waals surface area contributed by atoms with Gasteiger partial charge in [0.15, 0.2) is 6.61 Å². The van der Waals surface area contributed by atoms with Gasteiger partial charge in [0.2, 0.25) is 0 Å². The number of rotatable bonds is 6. The van der Waals surface area contributed by atoms with E-state index >= 15 is 0 Å². The van der Waals surface area contributed by atoms with Crippen LogP contribution < -0.4 is 0 Å². The van der Waals surface area contributed by atoms with Crippen LogP contribution in [0.4, 0.5) is 0 Å². The second kappa shape index (κ2) is 7.84. The number of carbonyl (C=O) groups is 3. The van der Waals surface area contributed by atoms with E-state index in [9.17, 15) is 19.5 Å². The molecule has 1 N–H and O–H groups in total. The molecular formula is C15H16O6. The van der Waals surface area contributed by atoms with Crippen molar-refractivity contribution < 1.29 is 29.0 Å². The molecule has 0 unspecified atom stereocenters. The first kappa shape index (κ1) is 16.4. The van der Waals surface area contributed by atoms with Crippen LogP contribution in [0.25, 0.3) is 5.76 Å². The van der Waals surface area contributed by atoms with Crippen LogP contribution in [0.3, 0.4) is 0 Å². The molecular weight excluding hydrogens is 276 g/mol. The lowest BCUT2D eigenvalue weighted by Crippen LogP contribution is -2.21. The lowest BCUT2D eigenvalue weighted by molar-refractivity contribution is -0.160. The van der Waals surface area contributed by atoms with Gasteiger partial charge in [0, 0.05) is 11.6 Å². The summed E-state index contributed by atoms with van der Waals surface area (Å²) in [5.74, 6) is -3.39. The molecule has 0 atom stereocenters. The summed E-state index contributed by atoms with van der Waals surface area (Å²) in [5, 5.41) is 9.73. The third-order valence-corrected chi connectivity index (χ3v) is 2.44. The first-order valence-corrected chi connectivity index (χ1v) is 6.28. The van der Waals surface area contributed by atoms with E-state index in [1.807, 2.05) is 6.92 Å². The van der Waals surface area contributed by atoms with Crippen molar-refractivity contribution in [3.05, 3.63) is 41.5 Å². The summed E-state index contributed by atoms with van der Waals surface area (Å²) >= 11 is 0. The summed E-state index contributed by atoms with van der Waals surface area (Å²) < 4.78 is 9.00. The average molecular weight is 292 g/mol. The normalized spacial score (nSPS) is 10.9. The van der Waals surface area contributed by atoms with Gasteiger partial charge in [-0.2, -0.15) is 0 Å². The number of esters is 2. The Kier molecular flexibility index (Phi) is 6.13. The van der Waals surface area contributed by atoms with Crippen molar-refractivity contribution in [2.75, 3.05) is 13.2 Å². The number of aryl methyl sites for hydroxylation is 1. The molecule has 6 heteroatoms. The van der Waals surface area contributed by atoms with Gasteiger partial charge in [-0.1, -0.05) is 29.8 Å². The van der Waals surface area contributed by atoms with Crippen LogP contribution in [0.2, 0.25) is 0 Å². The smallest absolute Gasteiger partial charge is 0.379 e. The quantitative estimate of drug-likeness (QED) is 0.370. The Morgan fingerprint density at radius 2 is 1.76 bits per heavy atom. The summed E-state index contributed by atoms with van der Waals surface area (Å²) in [4.78, 5) is 33.8. The van der Waals surface area contributed by atoms with Gasteiger partial charge in [-0.3, -0.25) is 4.79 Å². The van der Waals surface area contributed by atoms with Gasteiger partial charge in [0.1, 0.15) is 5.76 Å². The molecule has 0 aliphatic rings. The Labute approximate surface area is 122 Å². The zero-order valence-corrected chi connectivity index (χ0v) is 11.8. The Balaban J connectivity index is 2.62. The molecule has 0 saturated carbocycles. The van der Waals surface area contributed by atoms with Crippen molar-refractivity contribution in [1.82, 2.24) is 0 Å². The van der Waals surface area contributed by atoms with E-state index in [1.165, 1.54) is 0 Å². The molecule has 0 spiro atoms. The van der Waals surface area contributed by atoms with Crippen molar-refractivity contribution in [1.29, 1.82) is 0 Å². The van der Waals surface area contributed by atoms with Crippen LogP contribution in [0.15, 0.2) is 30.3 Å². The van der Waals surface area contributed by atoms with Crippen LogP contribution in [0.5, 0.6) is 0 Å². The minimum Gasteiger partial charge on any atom is -0.507 e. The first-order chi connectivity index (χ1) is 9.93. The molecule has 0 aromatic heterocycles. The summed E-state index contributed by atoms with van der Waals surface area (Å²) in [6, 6.07) is 6.72. The van der Waals surface area contributed by atoms with Crippen molar-refractivity contribution in [2.24, 2.45) is 0 Å². The molecule has 1 aromatic rings. The number of hydrogen-bond donors (Lipinski definition) is 1. The standard InChI is InChI=1S/C15H16O6/c1-3-20-14(18)9-21-15(19)13(17)8-12(16)11-6-4-10(2)5-7-11/h4-8,16H,3,9H2,1-2H3. The summed E-state index contributed by atoms with van der Waals surface area (Å²) in [6.07, 6.45) is 0.748. The first-order valence-electron chi connectivity index (χ1n) is 6.28. The van der Waals surface area contributed by atoms with E-state index in [2.05, 4.69) is 9.47 Å². The van der Waals surface area contributed by atoms with E-state index in [1.54, 1.807) is 31.2 Å². The lowest BCUT2D eigenvalue weighted by atomic mass is 10.1. The summed E-state index contributed by atoms with van der Waals surface area (Å²) in [6.45, 7) is 2.99. The van der Waals surface area contributed by atoms with Gasteiger partial charge in [0.05, 0.1) is 6.61 Å². The maximum atomic E-state index is 11.5. The van der Waals surface area contributed by atoms with Crippen LogP contribution in [-0.2, 0) is 23.9 Å². The molecule has 0 fully saturated rings. The molecule has 112 valence electrons. The maximum absolute atomic E-state index is 11.5. The van der Waals surface area contributed by atoms with E-state index in [0.717, 1.165) is 11.6 Å². The fraction of sp³-hybridized carbons (Fsp3) is 0.267. The molecule has 1 rings (SSSR count). The maximum Gasteiger partial charge on any atom is 0.379 e. The van der Waals surface area contributed by atoms with Gasteiger partial charge in [0.25, 0.3) is 5.78 Å². The van der Waals surface area contributed by atoms with Crippen molar-refractivity contribution in [2.45, 2.75) is 13.8 Å². The van der Waals surface area contributed by atoms with Gasteiger partial charge < -0.3 is 14.6 Å². The molecule has 0 heterocycles. The number of ether oxygens (including phenoxy) is 2. The second-order valence-corrected chi connectivity index (χ2v) is 4.14. The predicted octanol–water partition coefficient (Wildman–Crippen LogP) is 1.57. The third kappa shape index (κ3) is 5.48. The van der Waals surface area contributed by atoms with Gasteiger partial charge in [-0.05, 0) is 13.8 Å². The molecule has 0 aliphatic carbocycles. The SMILES string of the molecule is CCOC(=O)COC(=O)C(=O)C=C(O)c1ccc(C)cc1. The van der Waals surface area contributed by atoms with E-state index < -0.39 is 24.3 Å². The summed E-state index contributed by atoms with van der Waals surface area (Å²) in [5.41, 5.74) is 1.39. The molecule has 0 bridgehead atoms. The Morgan fingerprint density at radius 1 is 1.14 bits per heavy atom. The highest BCUT2D eigenvalue weighted by Crippen LogP contribution is 2.12. The van der Waals surface area contributed by atoms with Crippen molar-refractivity contribution >= 4 is 23.5 Å². The molecule has 21 heavy (non-hydrogen) atoms. The number of hydrogen-bond acceptors (Lipinski definition) is 6.